The second kappa shape index (κ2) is 8.78. The van der Waals surface area contributed by atoms with Gasteiger partial charge in [-0.15, -0.1) is 0 Å². The number of nitrogens with zero attached hydrogens (tertiary/aromatic N) is 5. The van der Waals surface area contributed by atoms with Gasteiger partial charge in [0.25, 0.3) is 0 Å². The van der Waals surface area contributed by atoms with Crippen LogP contribution in [0.5, 0.6) is 0 Å². The number of nitrogens with one attached hydrogen (secondary N) is 1. The van der Waals surface area contributed by atoms with Crippen LogP contribution in [0.4, 0.5) is 4.79 Å². The van der Waals surface area contributed by atoms with E-state index in [-0.39, 0.29) is 6.03 Å². The van der Waals surface area contributed by atoms with Crippen LogP contribution in [0.25, 0.3) is 0 Å². The Labute approximate surface area is 154 Å². The number of piperidine rings is 1. The van der Waals surface area contributed by atoms with Gasteiger partial charge in [0.15, 0.2) is 0 Å². The molecule has 0 spiro atoms. The number of carbonyl (C=O) groups is 1. The van der Waals surface area contributed by atoms with Gasteiger partial charge in [-0.25, -0.2) is 19.7 Å². The van der Waals surface area contributed by atoms with Crippen molar-refractivity contribution in [3.63, 3.8) is 0 Å². The van der Waals surface area contributed by atoms with Crippen LogP contribution < -0.4 is 5.32 Å². The highest BCUT2D eigenvalue weighted by Gasteiger charge is 2.25. The average molecular weight is 356 g/mol. The Bertz CT molecular complexity index is 699. The Morgan fingerprint density at radius 2 is 2.23 bits per heavy atom. The van der Waals surface area contributed by atoms with Crippen molar-refractivity contribution in [2.75, 3.05) is 19.6 Å². The van der Waals surface area contributed by atoms with Crippen LogP contribution in [0.3, 0.4) is 0 Å². The van der Waals surface area contributed by atoms with Gasteiger partial charge in [0.05, 0.1) is 0 Å². The number of aryl methyl sites for hydroxylation is 1. The number of aromatic nitrogens is 4. The molecule has 2 aromatic rings. The van der Waals surface area contributed by atoms with Crippen LogP contribution in [-0.2, 0) is 6.54 Å². The molecule has 3 rings (SSSR count). The Hall–Kier alpha value is -2.44. The quantitative estimate of drug-likeness (QED) is 0.808. The summed E-state index contributed by atoms with van der Waals surface area (Å²) in [5, 5.41) is 3.06. The van der Waals surface area contributed by atoms with Crippen LogP contribution in [0.15, 0.2) is 31.0 Å². The largest absolute Gasteiger partial charge is 0.338 e. The lowest BCUT2D eigenvalue weighted by molar-refractivity contribution is 0.179. The lowest BCUT2D eigenvalue weighted by Gasteiger charge is -2.32. The summed E-state index contributed by atoms with van der Waals surface area (Å²) in [6.07, 6.45) is 10.2. The van der Waals surface area contributed by atoms with E-state index in [0.29, 0.717) is 18.4 Å². The number of urea groups is 1. The molecule has 2 amide bonds. The Morgan fingerprint density at radius 1 is 1.35 bits per heavy atom. The molecule has 0 aliphatic carbocycles. The number of rotatable bonds is 6. The number of hydrogen-bond donors (Lipinski definition) is 1. The third-order valence-corrected chi connectivity index (χ3v) is 4.85. The Balaban J connectivity index is 1.44. The maximum absolute atomic E-state index is 12.5. The van der Waals surface area contributed by atoms with Crippen molar-refractivity contribution in [2.24, 2.45) is 0 Å². The number of hydrogen-bond acceptors (Lipinski definition) is 4. The first-order valence-electron chi connectivity index (χ1n) is 9.45. The lowest BCUT2D eigenvalue weighted by Crippen LogP contribution is -2.45. The van der Waals surface area contributed by atoms with E-state index in [1.54, 1.807) is 12.5 Å². The van der Waals surface area contributed by atoms with Gasteiger partial charge >= 0.3 is 6.03 Å². The monoisotopic (exact) mass is 356 g/mol. The highest BCUT2D eigenvalue weighted by Crippen LogP contribution is 2.24. The second-order valence-corrected chi connectivity index (χ2v) is 7.14. The van der Waals surface area contributed by atoms with Gasteiger partial charge in [-0.2, -0.15) is 0 Å². The second-order valence-electron chi connectivity index (χ2n) is 7.14. The van der Waals surface area contributed by atoms with Crippen LogP contribution in [-0.4, -0.2) is 50.1 Å². The first-order chi connectivity index (χ1) is 12.6. The summed E-state index contributed by atoms with van der Waals surface area (Å²) in [6.45, 7) is 7.37. The molecule has 1 aliphatic rings. The molecular weight excluding hydrogens is 328 g/mol. The van der Waals surface area contributed by atoms with Gasteiger partial charge in [-0.1, -0.05) is 13.8 Å². The summed E-state index contributed by atoms with van der Waals surface area (Å²) in [4.78, 5) is 27.1. The molecule has 2 aromatic heterocycles. The van der Waals surface area contributed by atoms with E-state index in [2.05, 4.69) is 38.7 Å². The fourth-order valence-electron chi connectivity index (χ4n) is 3.51. The molecule has 0 unspecified atom stereocenters. The number of likely N-dealkylation sites (tertiary alicyclic amines) is 1. The highest BCUT2D eigenvalue weighted by molar-refractivity contribution is 5.74. The summed E-state index contributed by atoms with van der Waals surface area (Å²) in [5.74, 6) is 1.81. The molecule has 3 heterocycles. The van der Waals surface area contributed by atoms with E-state index >= 15 is 0 Å². The summed E-state index contributed by atoms with van der Waals surface area (Å²) < 4.78 is 2.17. The van der Waals surface area contributed by atoms with Gasteiger partial charge in [0.1, 0.15) is 12.2 Å². The zero-order chi connectivity index (χ0) is 18.4. The maximum Gasteiger partial charge on any atom is 0.317 e. The number of carbonyl (C=O) groups excluding carboxylic acids is 1. The van der Waals surface area contributed by atoms with Crippen LogP contribution >= 0.6 is 0 Å². The van der Waals surface area contributed by atoms with Crippen molar-refractivity contribution >= 4 is 6.03 Å². The highest BCUT2D eigenvalue weighted by atomic mass is 16.2. The summed E-state index contributed by atoms with van der Waals surface area (Å²) in [7, 11) is 0. The third-order valence-electron chi connectivity index (χ3n) is 4.85. The third kappa shape index (κ3) is 4.59. The lowest BCUT2D eigenvalue weighted by atomic mass is 9.95. The minimum absolute atomic E-state index is 0.0264. The standard InChI is InChI=1S/C19H28N6O/c1-15(2)18-21-9-12-24(18)11-4-7-22-19(26)25-10-3-5-16(13-25)17-6-8-20-14-23-17/h6,8-9,12,14-16H,3-5,7,10-11,13H2,1-2H3,(H,22,26)/t16-/m1/s1. The summed E-state index contributed by atoms with van der Waals surface area (Å²) in [5.41, 5.74) is 1.03. The average Bonchev–Trinajstić information content (AvgIpc) is 3.15. The summed E-state index contributed by atoms with van der Waals surface area (Å²) >= 11 is 0. The molecule has 0 radical (unpaired) electrons. The maximum atomic E-state index is 12.5. The van der Waals surface area contributed by atoms with Crippen molar-refractivity contribution in [3.8, 4) is 0 Å². The van der Waals surface area contributed by atoms with E-state index in [0.717, 1.165) is 50.4 Å². The van der Waals surface area contributed by atoms with Crippen LogP contribution in [0.2, 0.25) is 0 Å². The molecule has 26 heavy (non-hydrogen) atoms. The first kappa shape index (κ1) is 18.4. The fourth-order valence-corrected chi connectivity index (χ4v) is 3.51. The van der Waals surface area contributed by atoms with E-state index in [9.17, 15) is 4.79 Å². The van der Waals surface area contributed by atoms with Crippen LogP contribution in [0, 0.1) is 0 Å². The van der Waals surface area contributed by atoms with E-state index in [1.807, 2.05) is 23.4 Å². The van der Waals surface area contributed by atoms with E-state index in [4.69, 9.17) is 0 Å². The van der Waals surface area contributed by atoms with Crippen molar-refractivity contribution in [2.45, 2.75) is 51.5 Å². The molecule has 7 nitrogen and oxygen atoms in total. The van der Waals surface area contributed by atoms with Crippen molar-refractivity contribution in [1.82, 2.24) is 29.7 Å². The van der Waals surface area contributed by atoms with Gasteiger partial charge in [-0.05, 0) is 25.3 Å². The molecule has 0 saturated carbocycles. The van der Waals surface area contributed by atoms with Gasteiger partial charge in [0, 0.05) is 62.3 Å². The smallest absolute Gasteiger partial charge is 0.317 e. The predicted octanol–water partition coefficient (Wildman–Crippen LogP) is 2.78. The van der Waals surface area contributed by atoms with E-state index in [1.165, 1.54) is 0 Å². The van der Waals surface area contributed by atoms with Crippen molar-refractivity contribution < 1.29 is 4.79 Å². The molecule has 1 atom stereocenters. The molecule has 1 saturated heterocycles. The van der Waals surface area contributed by atoms with Gasteiger partial charge < -0.3 is 14.8 Å². The SMILES string of the molecule is CC(C)c1nccn1CCCNC(=O)N1CCC[C@@H](c2ccncn2)C1. The Kier molecular flexibility index (Phi) is 6.20. The van der Waals surface area contributed by atoms with Gasteiger partial charge in [-0.3, -0.25) is 0 Å². The zero-order valence-electron chi connectivity index (χ0n) is 15.6. The van der Waals surface area contributed by atoms with Crippen LogP contribution in [0.1, 0.15) is 56.5 Å². The van der Waals surface area contributed by atoms with Crippen molar-refractivity contribution in [1.29, 1.82) is 0 Å². The molecule has 0 bridgehead atoms. The molecule has 140 valence electrons. The predicted molar refractivity (Wildman–Crippen MR) is 99.9 cm³/mol. The zero-order valence-corrected chi connectivity index (χ0v) is 15.6. The fraction of sp³-hybridized carbons (Fsp3) is 0.579. The van der Waals surface area contributed by atoms with Crippen molar-refractivity contribution in [3.05, 3.63) is 42.5 Å². The number of imidazole rings is 1. The number of amides is 2. The molecule has 7 heteroatoms. The Morgan fingerprint density at radius 3 is 3.00 bits per heavy atom. The molecule has 1 N–H and O–H groups in total. The first-order valence-corrected chi connectivity index (χ1v) is 9.45. The minimum atomic E-state index is 0.0264. The van der Waals surface area contributed by atoms with Gasteiger partial charge in [0.2, 0.25) is 0 Å². The molecule has 1 fully saturated rings. The molecule has 0 aromatic carbocycles. The molecule has 1 aliphatic heterocycles. The minimum Gasteiger partial charge on any atom is -0.338 e. The topological polar surface area (TPSA) is 75.9 Å². The molecular formula is C19H28N6O. The van der Waals surface area contributed by atoms with E-state index < -0.39 is 0 Å². The normalized spacial score (nSPS) is 17.5. The summed E-state index contributed by atoms with van der Waals surface area (Å²) in [6, 6.07) is 1.97.